The van der Waals surface area contributed by atoms with Gasteiger partial charge in [0.15, 0.2) is 5.60 Å². The minimum Gasteiger partial charge on any atom is -0.479 e. The Kier molecular flexibility index (Phi) is 3.71. The molecule has 0 spiro atoms. The number of carboxylic acid groups (broad SMARTS) is 1. The van der Waals surface area contributed by atoms with Crippen molar-refractivity contribution in [2.75, 3.05) is 0 Å². The Hall–Kier alpha value is -1.35. The third kappa shape index (κ3) is 2.15. The number of hydrogen-bond acceptors (Lipinski definition) is 2. The van der Waals surface area contributed by atoms with Crippen molar-refractivity contribution in [1.29, 1.82) is 0 Å². The number of hydrogen-bond donors (Lipinski definition) is 2. The number of aryl methyl sites for hydroxylation is 1. The number of carboxylic acids is 1. The van der Waals surface area contributed by atoms with Crippen molar-refractivity contribution in [3.63, 3.8) is 0 Å². The highest BCUT2D eigenvalue weighted by Gasteiger charge is 2.46. The standard InChI is InChI=1S/C15H20O3/c1-11-7-5-6-10-13(11)15(18,14(16)17)12-8-3-2-4-9-12/h5-7,10,12,18H,2-4,8-9H2,1H3,(H,16,17). The second-order valence-electron chi connectivity index (χ2n) is 5.22. The van der Waals surface area contributed by atoms with Crippen molar-refractivity contribution in [3.8, 4) is 0 Å². The van der Waals surface area contributed by atoms with Crippen LogP contribution in [0.1, 0.15) is 43.2 Å². The molecule has 1 fully saturated rings. The molecule has 3 nitrogen and oxygen atoms in total. The van der Waals surface area contributed by atoms with Gasteiger partial charge in [-0.05, 0) is 30.9 Å². The number of rotatable bonds is 3. The van der Waals surface area contributed by atoms with Gasteiger partial charge in [-0.25, -0.2) is 4.79 Å². The Morgan fingerprint density at radius 3 is 2.39 bits per heavy atom. The Morgan fingerprint density at radius 2 is 1.83 bits per heavy atom. The van der Waals surface area contributed by atoms with E-state index in [0.717, 1.165) is 37.7 Å². The molecule has 0 bridgehead atoms. The lowest BCUT2D eigenvalue weighted by Gasteiger charge is -2.36. The first kappa shape index (κ1) is 13.1. The molecule has 1 aromatic carbocycles. The van der Waals surface area contributed by atoms with E-state index < -0.39 is 11.6 Å². The van der Waals surface area contributed by atoms with Crippen LogP contribution in [0.4, 0.5) is 0 Å². The zero-order chi connectivity index (χ0) is 13.2. The van der Waals surface area contributed by atoms with E-state index in [1.807, 2.05) is 19.1 Å². The molecule has 2 rings (SSSR count). The van der Waals surface area contributed by atoms with Gasteiger partial charge in [-0.3, -0.25) is 0 Å². The van der Waals surface area contributed by atoms with E-state index in [1.165, 1.54) is 0 Å². The molecule has 0 radical (unpaired) electrons. The normalized spacial score (nSPS) is 20.3. The largest absolute Gasteiger partial charge is 0.479 e. The first-order chi connectivity index (χ1) is 8.56. The summed E-state index contributed by atoms with van der Waals surface area (Å²) in [6.45, 7) is 1.85. The van der Waals surface area contributed by atoms with Crippen molar-refractivity contribution in [2.45, 2.75) is 44.6 Å². The van der Waals surface area contributed by atoms with Gasteiger partial charge in [0.25, 0.3) is 0 Å². The average Bonchev–Trinajstić information content (AvgIpc) is 2.39. The molecule has 1 aromatic rings. The maximum absolute atomic E-state index is 11.6. The number of aliphatic hydroxyl groups is 1. The zero-order valence-electron chi connectivity index (χ0n) is 10.7. The zero-order valence-corrected chi connectivity index (χ0v) is 10.7. The number of aliphatic carboxylic acids is 1. The van der Waals surface area contributed by atoms with Gasteiger partial charge >= 0.3 is 5.97 Å². The van der Waals surface area contributed by atoms with Gasteiger partial charge in [-0.15, -0.1) is 0 Å². The van der Waals surface area contributed by atoms with Gasteiger partial charge in [0.2, 0.25) is 0 Å². The Bertz CT molecular complexity index is 435. The second-order valence-corrected chi connectivity index (χ2v) is 5.22. The lowest BCUT2D eigenvalue weighted by Crippen LogP contribution is -2.44. The fraction of sp³-hybridized carbons (Fsp3) is 0.533. The van der Waals surface area contributed by atoms with Crippen molar-refractivity contribution >= 4 is 5.97 Å². The predicted molar refractivity (Wildman–Crippen MR) is 69.3 cm³/mol. The fourth-order valence-electron chi connectivity index (χ4n) is 3.03. The van der Waals surface area contributed by atoms with E-state index in [4.69, 9.17) is 0 Å². The smallest absolute Gasteiger partial charge is 0.340 e. The van der Waals surface area contributed by atoms with Crippen LogP contribution in [0.25, 0.3) is 0 Å². The minimum atomic E-state index is -1.73. The highest BCUT2D eigenvalue weighted by Crippen LogP contribution is 2.40. The summed E-state index contributed by atoms with van der Waals surface area (Å²) in [6.07, 6.45) is 4.73. The van der Waals surface area contributed by atoms with Crippen LogP contribution in [0.5, 0.6) is 0 Å². The van der Waals surface area contributed by atoms with Gasteiger partial charge in [0, 0.05) is 5.92 Å². The van der Waals surface area contributed by atoms with E-state index >= 15 is 0 Å². The van der Waals surface area contributed by atoms with Crippen molar-refractivity contribution < 1.29 is 15.0 Å². The van der Waals surface area contributed by atoms with Crippen LogP contribution in [0, 0.1) is 12.8 Å². The molecule has 18 heavy (non-hydrogen) atoms. The SMILES string of the molecule is Cc1ccccc1C(O)(C(=O)O)C1CCCCC1. The molecule has 0 amide bonds. The highest BCUT2D eigenvalue weighted by molar-refractivity contribution is 5.80. The van der Waals surface area contributed by atoms with E-state index in [0.29, 0.717) is 5.56 Å². The average molecular weight is 248 g/mol. The van der Waals surface area contributed by atoms with Crippen molar-refractivity contribution in [2.24, 2.45) is 5.92 Å². The first-order valence-corrected chi connectivity index (χ1v) is 6.58. The molecule has 0 heterocycles. The summed E-state index contributed by atoms with van der Waals surface area (Å²) in [5.74, 6) is -1.30. The monoisotopic (exact) mass is 248 g/mol. The fourth-order valence-corrected chi connectivity index (χ4v) is 3.03. The summed E-state index contributed by atoms with van der Waals surface area (Å²) >= 11 is 0. The van der Waals surface area contributed by atoms with E-state index in [1.54, 1.807) is 12.1 Å². The minimum absolute atomic E-state index is 0.176. The highest BCUT2D eigenvalue weighted by atomic mass is 16.4. The van der Waals surface area contributed by atoms with Crippen molar-refractivity contribution in [3.05, 3.63) is 35.4 Å². The molecule has 98 valence electrons. The van der Waals surface area contributed by atoms with E-state index in [-0.39, 0.29) is 5.92 Å². The maximum atomic E-state index is 11.6. The second kappa shape index (κ2) is 5.11. The molecule has 1 aliphatic rings. The molecule has 1 aliphatic carbocycles. The Balaban J connectivity index is 2.43. The van der Waals surface area contributed by atoms with E-state index in [9.17, 15) is 15.0 Å². The van der Waals surface area contributed by atoms with Crippen LogP contribution < -0.4 is 0 Å². The number of carbonyl (C=O) groups is 1. The Labute approximate surface area is 107 Å². The molecule has 1 saturated carbocycles. The summed E-state index contributed by atoms with van der Waals surface area (Å²) in [7, 11) is 0. The van der Waals surface area contributed by atoms with Crippen LogP contribution in [0.3, 0.4) is 0 Å². The molecule has 2 N–H and O–H groups in total. The summed E-state index contributed by atoms with van der Waals surface area (Å²) in [5, 5.41) is 20.3. The molecule has 0 aromatic heterocycles. The van der Waals surface area contributed by atoms with Crippen LogP contribution >= 0.6 is 0 Å². The lowest BCUT2D eigenvalue weighted by molar-refractivity contribution is -0.168. The van der Waals surface area contributed by atoms with Crippen LogP contribution in [-0.4, -0.2) is 16.2 Å². The molecule has 0 saturated heterocycles. The van der Waals surface area contributed by atoms with Crippen LogP contribution in [0.2, 0.25) is 0 Å². The van der Waals surface area contributed by atoms with Gasteiger partial charge in [0.1, 0.15) is 0 Å². The van der Waals surface area contributed by atoms with Crippen LogP contribution in [0.15, 0.2) is 24.3 Å². The maximum Gasteiger partial charge on any atom is 0.340 e. The number of benzene rings is 1. The van der Waals surface area contributed by atoms with Crippen molar-refractivity contribution in [1.82, 2.24) is 0 Å². The summed E-state index contributed by atoms with van der Waals surface area (Å²) in [5.41, 5.74) is -0.344. The Morgan fingerprint density at radius 1 is 1.22 bits per heavy atom. The molecule has 0 aliphatic heterocycles. The predicted octanol–water partition coefficient (Wildman–Crippen LogP) is 2.85. The summed E-state index contributed by atoms with van der Waals surface area (Å²) < 4.78 is 0. The van der Waals surface area contributed by atoms with Gasteiger partial charge < -0.3 is 10.2 Å². The molecule has 1 unspecified atom stereocenters. The first-order valence-electron chi connectivity index (χ1n) is 6.58. The summed E-state index contributed by atoms with van der Waals surface area (Å²) in [4.78, 5) is 11.6. The van der Waals surface area contributed by atoms with E-state index in [2.05, 4.69) is 0 Å². The van der Waals surface area contributed by atoms with Gasteiger partial charge in [-0.2, -0.15) is 0 Å². The van der Waals surface area contributed by atoms with Crippen LogP contribution in [-0.2, 0) is 10.4 Å². The quantitative estimate of drug-likeness (QED) is 0.864. The lowest BCUT2D eigenvalue weighted by atomic mass is 9.72. The molecular formula is C15H20O3. The molecule has 3 heteroatoms. The third-order valence-electron chi connectivity index (χ3n) is 4.08. The summed E-state index contributed by atoms with van der Waals surface area (Å²) in [6, 6.07) is 7.24. The third-order valence-corrected chi connectivity index (χ3v) is 4.08. The topological polar surface area (TPSA) is 57.5 Å². The molecular weight excluding hydrogens is 228 g/mol. The van der Waals surface area contributed by atoms with Gasteiger partial charge in [-0.1, -0.05) is 43.5 Å². The van der Waals surface area contributed by atoms with Gasteiger partial charge in [0.05, 0.1) is 0 Å². The molecule has 1 atom stereocenters.